The van der Waals surface area contributed by atoms with Crippen molar-refractivity contribution in [1.29, 1.82) is 0 Å². The Kier molecular flexibility index (Phi) is 5.04. The normalized spacial score (nSPS) is 18.2. The number of aromatic nitrogens is 1. The SMILES string of the molecule is O=C(NCc1ccc(F)cc1Cl)c1cn2c(c(O)c1=O)C(=O)N1CCCC[C@H]2C1. The van der Waals surface area contributed by atoms with Crippen molar-refractivity contribution < 1.29 is 19.1 Å². The standard InChI is InChI=1S/C20H19ClFN3O4/c21-15-7-12(22)5-4-11(15)8-23-19(28)14-10-25-13-3-1-2-6-24(9-13)20(29)16(25)18(27)17(14)26/h4-5,7,10,13,27H,1-3,6,8-9H2,(H,23,28)/t13-/m0/s1. The van der Waals surface area contributed by atoms with Crippen LogP contribution in [-0.4, -0.2) is 39.5 Å². The Bertz CT molecular complexity index is 1070. The van der Waals surface area contributed by atoms with E-state index < -0.39 is 28.8 Å². The predicted molar refractivity (Wildman–Crippen MR) is 104 cm³/mol. The van der Waals surface area contributed by atoms with Crippen molar-refractivity contribution in [2.45, 2.75) is 31.8 Å². The Balaban J connectivity index is 1.66. The lowest BCUT2D eigenvalue weighted by molar-refractivity contribution is 0.0677. The maximum Gasteiger partial charge on any atom is 0.274 e. The number of nitrogens with one attached hydrogen (secondary N) is 1. The first-order valence-corrected chi connectivity index (χ1v) is 9.74. The molecule has 0 saturated carbocycles. The maximum absolute atomic E-state index is 13.2. The van der Waals surface area contributed by atoms with Gasteiger partial charge in [0.05, 0.1) is 6.04 Å². The van der Waals surface area contributed by atoms with Crippen molar-refractivity contribution in [2.75, 3.05) is 13.1 Å². The van der Waals surface area contributed by atoms with Gasteiger partial charge in [-0.25, -0.2) is 4.39 Å². The molecule has 0 radical (unpaired) electrons. The number of aromatic hydroxyl groups is 1. The van der Waals surface area contributed by atoms with E-state index in [4.69, 9.17) is 11.6 Å². The van der Waals surface area contributed by atoms with E-state index in [0.29, 0.717) is 18.7 Å². The maximum atomic E-state index is 13.2. The van der Waals surface area contributed by atoms with Crippen LogP contribution in [0, 0.1) is 5.82 Å². The lowest BCUT2D eigenvalue weighted by Crippen LogP contribution is -2.44. The number of nitrogens with zero attached hydrogens (tertiary/aromatic N) is 2. The van der Waals surface area contributed by atoms with Gasteiger partial charge in [-0.05, 0) is 37.0 Å². The zero-order valence-electron chi connectivity index (χ0n) is 15.5. The smallest absolute Gasteiger partial charge is 0.274 e. The van der Waals surface area contributed by atoms with Gasteiger partial charge in [-0.2, -0.15) is 0 Å². The van der Waals surface area contributed by atoms with Crippen molar-refractivity contribution in [3.63, 3.8) is 0 Å². The van der Waals surface area contributed by atoms with Gasteiger partial charge in [0.1, 0.15) is 11.4 Å². The summed E-state index contributed by atoms with van der Waals surface area (Å²) in [5.74, 6) is -2.31. The van der Waals surface area contributed by atoms with E-state index in [1.54, 1.807) is 9.47 Å². The number of amides is 2. The molecule has 2 aliphatic heterocycles. The van der Waals surface area contributed by atoms with Crippen LogP contribution in [0.4, 0.5) is 4.39 Å². The molecule has 9 heteroatoms. The van der Waals surface area contributed by atoms with E-state index in [9.17, 15) is 23.9 Å². The molecule has 1 fully saturated rings. The predicted octanol–water partition coefficient (Wildman–Crippen LogP) is 2.46. The first-order valence-electron chi connectivity index (χ1n) is 9.36. The average Bonchev–Trinajstić information content (AvgIpc) is 2.91. The Morgan fingerprint density at radius 2 is 2.10 bits per heavy atom. The highest BCUT2D eigenvalue weighted by Gasteiger charge is 2.36. The molecule has 0 spiro atoms. The second kappa shape index (κ2) is 7.51. The molecule has 1 saturated heterocycles. The molecule has 152 valence electrons. The average molecular weight is 420 g/mol. The van der Waals surface area contributed by atoms with Gasteiger partial charge in [0.15, 0.2) is 11.4 Å². The van der Waals surface area contributed by atoms with Gasteiger partial charge in [-0.15, -0.1) is 0 Å². The van der Waals surface area contributed by atoms with Crippen molar-refractivity contribution in [1.82, 2.24) is 14.8 Å². The summed E-state index contributed by atoms with van der Waals surface area (Å²) in [6.45, 7) is 1.06. The van der Waals surface area contributed by atoms with E-state index in [0.717, 1.165) is 25.3 Å². The minimum atomic E-state index is -0.896. The lowest BCUT2D eigenvalue weighted by atomic mass is 10.1. The van der Waals surface area contributed by atoms with E-state index >= 15 is 0 Å². The zero-order valence-corrected chi connectivity index (χ0v) is 16.2. The molecule has 0 unspecified atom stereocenters. The molecule has 2 amide bonds. The second-order valence-corrected chi connectivity index (χ2v) is 7.70. The van der Waals surface area contributed by atoms with Crippen LogP contribution in [0.5, 0.6) is 5.75 Å². The molecule has 3 heterocycles. The molecular formula is C20H19ClFN3O4. The molecule has 0 aliphatic carbocycles. The third kappa shape index (κ3) is 3.48. The number of halogens is 2. The summed E-state index contributed by atoms with van der Waals surface area (Å²) in [6.07, 6.45) is 3.90. The molecule has 29 heavy (non-hydrogen) atoms. The lowest BCUT2D eigenvalue weighted by Gasteiger charge is -2.34. The number of carbonyl (C=O) groups excluding carboxylic acids is 2. The highest BCUT2D eigenvalue weighted by atomic mass is 35.5. The monoisotopic (exact) mass is 419 g/mol. The topological polar surface area (TPSA) is 91.6 Å². The fourth-order valence-electron chi connectivity index (χ4n) is 3.90. The number of pyridine rings is 1. The number of carbonyl (C=O) groups is 2. The van der Waals surface area contributed by atoms with Crippen LogP contribution >= 0.6 is 11.6 Å². The van der Waals surface area contributed by atoms with Crippen molar-refractivity contribution in [2.24, 2.45) is 0 Å². The van der Waals surface area contributed by atoms with E-state index in [2.05, 4.69) is 5.32 Å². The van der Waals surface area contributed by atoms with Gasteiger partial charge in [0, 0.05) is 30.9 Å². The number of rotatable bonds is 3. The van der Waals surface area contributed by atoms with Crippen LogP contribution in [0.15, 0.2) is 29.2 Å². The van der Waals surface area contributed by atoms with E-state index in [1.807, 2.05) is 0 Å². The summed E-state index contributed by atoms with van der Waals surface area (Å²) in [5, 5.41) is 13.1. The molecule has 7 nitrogen and oxygen atoms in total. The van der Waals surface area contributed by atoms with Crippen LogP contribution in [0.25, 0.3) is 0 Å². The first kappa shape index (κ1) is 19.4. The molecule has 1 atom stereocenters. The molecule has 2 N–H and O–H groups in total. The second-order valence-electron chi connectivity index (χ2n) is 7.30. The summed E-state index contributed by atoms with van der Waals surface area (Å²) >= 11 is 5.96. The van der Waals surface area contributed by atoms with Crippen LogP contribution in [-0.2, 0) is 6.54 Å². The summed E-state index contributed by atoms with van der Waals surface area (Å²) in [5.41, 5.74) is -0.730. The van der Waals surface area contributed by atoms with Gasteiger partial charge in [-0.3, -0.25) is 14.4 Å². The highest BCUT2D eigenvalue weighted by Crippen LogP contribution is 2.31. The summed E-state index contributed by atoms with van der Waals surface area (Å²) < 4.78 is 14.7. The van der Waals surface area contributed by atoms with Gasteiger partial charge >= 0.3 is 0 Å². The number of fused-ring (bicyclic) bond motifs is 4. The Morgan fingerprint density at radius 1 is 1.31 bits per heavy atom. The van der Waals surface area contributed by atoms with Gasteiger partial charge in [0.25, 0.3) is 11.8 Å². The fourth-order valence-corrected chi connectivity index (χ4v) is 4.13. The van der Waals surface area contributed by atoms with Crippen molar-refractivity contribution in [3.8, 4) is 5.75 Å². The molecule has 2 bridgehead atoms. The van der Waals surface area contributed by atoms with Gasteiger partial charge in [0.2, 0.25) is 5.43 Å². The quantitative estimate of drug-likeness (QED) is 0.799. The molecule has 2 aromatic rings. The first-order chi connectivity index (χ1) is 13.9. The third-order valence-electron chi connectivity index (χ3n) is 5.44. The van der Waals surface area contributed by atoms with Crippen LogP contribution < -0.4 is 10.7 Å². The number of hydrogen-bond donors (Lipinski definition) is 2. The molecular weight excluding hydrogens is 401 g/mol. The Labute approximate surface area is 170 Å². The minimum absolute atomic E-state index is 0.0178. The summed E-state index contributed by atoms with van der Waals surface area (Å²) in [4.78, 5) is 39.5. The van der Waals surface area contributed by atoms with Crippen LogP contribution in [0.3, 0.4) is 0 Å². The summed E-state index contributed by atoms with van der Waals surface area (Å²) in [7, 11) is 0. The molecule has 2 aliphatic rings. The van der Waals surface area contributed by atoms with Crippen LogP contribution in [0.1, 0.15) is 51.7 Å². The van der Waals surface area contributed by atoms with Crippen LogP contribution in [0.2, 0.25) is 5.02 Å². The zero-order chi connectivity index (χ0) is 20.7. The highest BCUT2D eigenvalue weighted by molar-refractivity contribution is 6.31. The largest absolute Gasteiger partial charge is 0.503 e. The van der Waals surface area contributed by atoms with Gasteiger partial charge < -0.3 is 19.9 Å². The molecule has 1 aromatic heterocycles. The summed E-state index contributed by atoms with van der Waals surface area (Å²) in [6, 6.07) is 3.69. The Hall–Kier alpha value is -2.87. The minimum Gasteiger partial charge on any atom is -0.503 e. The van der Waals surface area contributed by atoms with E-state index in [-0.39, 0.29) is 28.9 Å². The van der Waals surface area contributed by atoms with E-state index in [1.165, 1.54) is 18.3 Å². The molecule has 4 rings (SSSR count). The van der Waals surface area contributed by atoms with Crippen molar-refractivity contribution in [3.05, 3.63) is 62.3 Å². The molecule has 1 aromatic carbocycles. The van der Waals surface area contributed by atoms with Gasteiger partial charge in [-0.1, -0.05) is 17.7 Å². The Morgan fingerprint density at radius 3 is 2.86 bits per heavy atom. The third-order valence-corrected chi connectivity index (χ3v) is 5.79. The fraction of sp³-hybridized carbons (Fsp3) is 0.350. The number of hydrogen-bond acceptors (Lipinski definition) is 4. The number of benzene rings is 1. The van der Waals surface area contributed by atoms with Crippen molar-refractivity contribution >= 4 is 23.4 Å².